The Balaban J connectivity index is 1.72. The van der Waals surface area contributed by atoms with Gasteiger partial charge in [0.25, 0.3) is 5.78 Å². The van der Waals surface area contributed by atoms with Gasteiger partial charge in [0, 0.05) is 10.6 Å². The molecule has 1 saturated heterocycles. The van der Waals surface area contributed by atoms with E-state index in [1.54, 1.807) is 67.8 Å². The summed E-state index contributed by atoms with van der Waals surface area (Å²) in [6, 6.07) is 17.9. The highest BCUT2D eigenvalue weighted by Gasteiger charge is 2.48. The predicted molar refractivity (Wildman–Crippen MR) is 135 cm³/mol. The molecule has 176 valence electrons. The van der Waals surface area contributed by atoms with Crippen molar-refractivity contribution in [1.29, 1.82) is 0 Å². The first-order valence-corrected chi connectivity index (χ1v) is 11.8. The van der Waals surface area contributed by atoms with Crippen LogP contribution in [0.15, 0.2) is 72.3 Å². The number of hydrogen-bond acceptors (Lipinski definition) is 7. The lowest BCUT2D eigenvalue weighted by Crippen LogP contribution is -2.29. The Labute approximate surface area is 209 Å². The third-order valence-electron chi connectivity index (χ3n) is 5.76. The van der Waals surface area contributed by atoms with Crippen LogP contribution < -0.4 is 14.4 Å². The molecule has 1 amide bonds. The monoisotopic (exact) mass is 506 g/mol. The molecule has 0 aliphatic carbocycles. The lowest BCUT2D eigenvalue weighted by Gasteiger charge is -2.23. The number of ketones is 1. The maximum atomic E-state index is 13.4. The van der Waals surface area contributed by atoms with Gasteiger partial charge in [-0.2, -0.15) is 0 Å². The molecule has 2 heterocycles. The van der Waals surface area contributed by atoms with E-state index in [9.17, 15) is 14.7 Å². The van der Waals surface area contributed by atoms with Crippen LogP contribution in [0.2, 0.25) is 5.02 Å². The molecule has 7 nitrogen and oxygen atoms in total. The van der Waals surface area contributed by atoms with Crippen LogP contribution in [0.5, 0.6) is 11.5 Å². The maximum Gasteiger partial charge on any atom is 0.301 e. The zero-order valence-corrected chi connectivity index (χ0v) is 20.3. The third kappa shape index (κ3) is 4.00. The van der Waals surface area contributed by atoms with Crippen molar-refractivity contribution < 1.29 is 24.2 Å². The molecular formula is C26H19ClN2O5S. The van der Waals surface area contributed by atoms with Crippen LogP contribution in [0.1, 0.15) is 17.2 Å². The van der Waals surface area contributed by atoms with E-state index < -0.39 is 17.7 Å². The van der Waals surface area contributed by atoms with Crippen LogP contribution in [0.3, 0.4) is 0 Å². The SMILES string of the molecule is COc1cccc([C@H]2/C(=C(\O)c3ccc(Cl)cc3)C(=O)C(=O)N2c2nc3ccc(OC)cc3s2)c1. The zero-order chi connectivity index (χ0) is 24.7. The number of aromatic nitrogens is 1. The van der Waals surface area contributed by atoms with Crippen LogP contribution in [-0.2, 0) is 9.59 Å². The highest BCUT2D eigenvalue weighted by molar-refractivity contribution is 7.22. The van der Waals surface area contributed by atoms with Crippen molar-refractivity contribution in [2.24, 2.45) is 0 Å². The van der Waals surface area contributed by atoms with E-state index in [1.807, 2.05) is 6.07 Å². The number of nitrogens with zero attached hydrogens (tertiary/aromatic N) is 2. The first-order chi connectivity index (χ1) is 16.9. The Bertz CT molecular complexity index is 1500. The number of aliphatic hydroxyl groups is 1. The molecule has 35 heavy (non-hydrogen) atoms. The molecule has 1 fully saturated rings. The summed E-state index contributed by atoms with van der Waals surface area (Å²) in [5, 5.41) is 12.0. The summed E-state index contributed by atoms with van der Waals surface area (Å²) in [6.07, 6.45) is 0. The highest BCUT2D eigenvalue weighted by Crippen LogP contribution is 2.45. The second-order valence-electron chi connectivity index (χ2n) is 7.78. The van der Waals surface area contributed by atoms with E-state index in [4.69, 9.17) is 21.1 Å². The number of hydrogen-bond donors (Lipinski definition) is 1. The molecule has 1 N–H and O–H groups in total. The van der Waals surface area contributed by atoms with Crippen molar-refractivity contribution in [2.75, 3.05) is 19.1 Å². The first kappa shape index (κ1) is 22.9. The van der Waals surface area contributed by atoms with E-state index in [0.29, 0.717) is 38.3 Å². The van der Waals surface area contributed by atoms with Crippen molar-refractivity contribution in [3.05, 3.63) is 88.5 Å². The van der Waals surface area contributed by atoms with Crippen molar-refractivity contribution in [3.8, 4) is 11.5 Å². The number of thiazole rings is 1. The largest absolute Gasteiger partial charge is 0.507 e. The Morgan fingerprint density at radius 1 is 1.00 bits per heavy atom. The molecule has 4 aromatic rings. The van der Waals surface area contributed by atoms with Gasteiger partial charge < -0.3 is 14.6 Å². The fourth-order valence-corrected chi connectivity index (χ4v) is 5.19. The summed E-state index contributed by atoms with van der Waals surface area (Å²) >= 11 is 7.25. The average Bonchev–Trinajstić information content (AvgIpc) is 3.41. The lowest BCUT2D eigenvalue weighted by atomic mass is 9.95. The van der Waals surface area contributed by atoms with Gasteiger partial charge in [-0.15, -0.1) is 0 Å². The molecule has 1 aromatic heterocycles. The maximum absolute atomic E-state index is 13.4. The number of carbonyl (C=O) groups is 2. The number of fused-ring (bicyclic) bond motifs is 1. The minimum atomic E-state index is -0.914. The van der Waals surface area contributed by atoms with Gasteiger partial charge in [0.05, 0.1) is 36.1 Å². The van der Waals surface area contributed by atoms with Gasteiger partial charge in [0.2, 0.25) is 0 Å². The highest BCUT2D eigenvalue weighted by atomic mass is 35.5. The average molecular weight is 507 g/mol. The standard InChI is InChI=1S/C26H19ClN2O5S/c1-33-17-5-3-4-15(12-17)22-21(23(30)14-6-8-16(27)9-7-14)24(31)25(32)29(22)26-28-19-11-10-18(34-2)13-20(19)35-26/h3-13,22,30H,1-2H3/b23-21+/t22-/m0/s1. The molecule has 5 rings (SSSR count). The van der Waals surface area contributed by atoms with Gasteiger partial charge in [-0.1, -0.05) is 35.1 Å². The van der Waals surface area contributed by atoms with E-state index in [2.05, 4.69) is 4.98 Å². The smallest absolute Gasteiger partial charge is 0.301 e. The zero-order valence-electron chi connectivity index (χ0n) is 18.7. The number of halogens is 1. The first-order valence-electron chi connectivity index (χ1n) is 10.6. The number of amides is 1. The van der Waals surface area contributed by atoms with Gasteiger partial charge in [-0.3, -0.25) is 14.5 Å². The number of anilines is 1. The Morgan fingerprint density at radius 3 is 2.43 bits per heavy atom. The van der Waals surface area contributed by atoms with Crippen LogP contribution in [-0.4, -0.2) is 36.0 Å². The van der Waals surface area contributed by atoms with Crippen LogP contribution in [0.25, 0.3) is 16.0 Å². The number of Topliss-reactive ketones (excluding diaryl/α,β-unsaturated/α-hetero) is 1. The summed E-state index contributed by atoms with van der Waals surface area (Å²) in [7, 11) is 3.10. The van der Waals surface area contributed by atoms with Gasteiger partial charge in [0.15, 0.2) is 5.13 Å². The van der Waals surface area contributed by atoms with E-state index in [1.165, 1.54) is 23.3 Å². The van der Waals surface area contributed by atoms with Crippen LogP contribution in [0.4, 0.5) is 5.13 Å². The van der Waals surface area contributed by atoms with Crippen molar-refractivity contribution in [3.63, 3.8) is 0 Å². The van der Waals surface area contributed by atoms with Crippen molar-refractivity contribution in [2.45, 2.75) is 6.04 Å². The predicted octanol–water partition coefficient (Wildman–Crippen LogP) is 5.59. The van der Waals surface area contributed by atoms with Gasteiger partial charge >= 0.3 is 5.91 Å². The minimum Gasteiger partial charge on any atom is -0.507 e. The molecule has 1 atom stereocenters. The molecule has 9 heteroatoms. The molecule has 0 unspecified atom stereocenters. The molecule has 0 radical (unpaired) electrons. The minimum absolute atomic E-state index is 0.0394. The normalized spacial score (nSPS) is 17.2. The quantitative estimate of drug-likeness (QED) is 0.215. The summed E-state index contributed by atoms with van der Waals surface area (Å²) in [6.45, 7) is 0. The van der Waals surface area contributed by atoms with E-state index in [0.717, 1.165) is 4.70 Å². The molecule has 1 aliphatic rings. The number of benzene rings is 3. The number of methoxy groups -OCH3 is 2. The Hall–Kier alpha value is -3.88. The van der Waals surface area contributed by atoms with Crippen LogP contribution in [0, 0.1) is 0 Å². The van der Waals surface area contributed by atoms with Gasteiger partial charge in [-0.25, -0.2) is 4.98 Å². The Kier molecular flexibility index (Phi) is 5.92. The lowest BCUT2D eigenvalue weighted by molar-refractivity contribution is -0.132. The molecular weight excluding hydrogens is 488 g/mol. The number of carbonyl (C=O) groups excluding carboxylic acids is 2. The molecule has 0 bridgehead atoms. The van der Waals surface area contributed by atoms with Crippen molar-refractivity contribution >= 4 is 55.7 Å². The second-order valence-corrected chi connectivity index (χ2v) is 9.23. The number of aliphatic hydroxyl groups excluding tert-OH is 1. The number of ether oxygens (including phenoxy) is 2. The summed E-state index contributed by atoms with van der Waals surface area (Å²) in [5.41, 5.74) is 1.59. The molecule has 0 spiro atoms. The van der Waals surface area contributed by atoms with Crippen LogP contribution >= 0.6 is 22.9 Å². The third-order valence-corrected chi connectivity index (χ3v) is 7.03. The molecule has 0 saturated carbocycles. The summed E-state index contributed by atoms with van der Waals surface area (Å²) in [4.78, 5) is 32.6. The van der Waals surface area contributed by atoms with E-state index in [-0.39, 0.29) is 11.3 Å². The Morgan fingerprint density at radius 2 is 1.71 bits per heavy atom. The van der Waals surface area contributed by atoms with Gasteiger partial charge in [-0.05, 0) is 60.2 Å². The molecule has 3 aromatic carbocycles. The van der Waals surface area contributed by atoms with Crippen molar-refractivity contribution in [1.82, 2.24) is 4.98 Å². The topological polar surface area (TPSA) is 89.0 Å². The fourth-order valence-electron chi connectivity index (χ4n) is 4.04. The number of rotatable bonds is 5. The van der Waals surface area contributed by atoms with Gasteiger partial charge in [0.1, 0.15) is 17.3 Å². The molecule has 1 aliphatic heterocycles. The summed E-state index contributed by atoms with van der Waals surface area (Å²) < 4.78 is 11.5. The second kappa shape index (κ2) is 9.05. The fraction of sp³-hybridized carbons (Fsp3) is 0.115. The summed E-state index contributed by atoms with van der Waals surface area (Å²) in [5.74, 6) is -0.671. The van der Waals surface area contributed by atoms with E-state index >= 15 is 0 Å².